The van der Waals surface area contributed by atoms with E-state index in [2.05, 4.69) is 42.6 Å². The van der Waals surface area contributed by atoms with Crippen molar-refractivity contribution >= 4 is 11.6 Å². The van der Waals surface area contributed by atoms with Gasteiger partial charge in [-0.05, 0) is 29.7 Å². The first-order chi connectivity index (χ1) is 8.79. The quantitative estimate of drug-likeness (QED) is 0.829. The molecular formula is C16H18ClN. The average Bonchev–Trinajstić information content (AvgIpc) is 2.41. The van der Waals surface area contributed by atoms with Crippen LogP contribution in [0, 0.1) is 0 Å². The SMILES string of the molecule is CC[C@@H](NCc1ccccc1)c1cccc(Cl)c1. The van der Waals surface area contributed by atoms with Crippen molar-refractivity contribution in [2.45, 2.75) is 25.9 Å². The van der Waals surface area contributed by atoms with E-state index in [1.54, 1.807) is 0 Å². The highest BCUT2D eigenvalue weighted by Crippen LogP contribution is 2.20. The number of benzene rings is 2. The van der Waals surface area contributed by atoms with E-state index in [1.165, 1.54) is 11.1 Å². The summed E-state index contributed by atoms with van der Waals surface area (Å²) in [6.07, 6.45) is 1.05. The number of rotatable bonds is 5. The second-order valence-electron chi connectivity index (χ2n) is 4.38. The second-order valence-corrected chi connectivity index (χ2v) is 4.82. The molecule has 0 aromatic heterocycles. The lowest BCUT2D eigenvalue weighted by Crippen LogP contribution is -2.20. The fourth-order valence-corrected chi connectivity index (χ4v) is 2.26. The number of hydrogen-bond acceptors (Lipinski definition) is 1. The Morgan fingerprint density at radius 2 is 1.83 bits per heavy atom. The van der Waals surface area contributed by atoms with Crippen LogP contribution in [0.15, 0.2) is 54.6 Å². The lowest BCUT2D eigenvalue weighted by atomic mass is 10.0. The molecule has 1 nitrogen and oxygen atoms in total. The normalized spacial score (nSPS) is 12.3. The van der Waals surface area contributed by atoms with Gasteiger partial charge in [-0.2, -0.15) is 0 Å². The van der Waals surface area contributed by atoms with Crippen LogP contribution in [0.1, 0.15) is 30.5 Å². The molecule has 1 N–H and O–H groups in total. The Kier molecular flexibility index (Phi) is 4.80. The van der Waals surface area contributed by atoms with Crippen LogP contribution in [0.4, 0.5) is 0 Å². The first-order valence-electron chi connectivity index (χ1n) is 6.32. The van der Waals surface area contributed by atoms with Crippen molar-refractivity contribution in [3.8, 4) is 0 Å². The molecule has 2 aromatic carbocycles. The maximum absolute atomic E-state index is 6.04. The van der Waals surface area contributed by atoms with E-state index < -0.39 is 0 Å². The van der Waals surface area contributed by atoms with E-state index in [1.807, 2.05) is 24.3 Å². The summed E-state index contributed by atoms with van der Waals surface area (Å²) < 4.78 is 0. The summed E-state index contributed by atoms with van der Waals surface area (Å²) in [4.78, 5) is 0. The van der Waals surface area contributed by atoms with Crippen LogP contribution < -0.4 is 5.32 Å². The Bertz CT molecular complexity index is 481. The zero-order valence-electron chi connectivity index (χ0n) is 10.6. The fourth-order valence-electron chi connectivity index (χ4n) is 2.06. The van der Waals surface area contributed by atoms with Gasteiger partial charge in [0, 0.05) is 17.6 Å². The monoisotopic (exact) mass is 259 g/mol. The lowest BCUT2D eigenvalue weighted by Gasteiger charge is -2.17. The molecule has 0 saturated carbocycles. The van der Waals surface area contributed by atoms with Crippen LogP contribution in [0.25, 0.3) is 0 Å². The predicted molar refractivity (Wildman–Crippen MR) is 77.8 cm³/mol. The summed E-state index contributed by atoms with van der Waals surface area (Å²) in [5.74, 6) is 0. The third-order valence-corrected chi connectivity index (χ3v) is 3.29. The summed E-state index contributed by atoms with van der Waals surface area (Å²) in [5, 5.41) is 4.37. The molecular weight excluding hydrogens is 242 g/mol. The molecule has 0 heterocycles. The summed E-state index contributed by atoms with van der Waals surface area (Å²) in [7, 11) is 0. The Labute approximate surface area is 114 Å². The molecule has 0 bridgehead atoms. The minimum absolute atomic E-state index is 0.351. The first kappa shape index (κ1) is 13.1. The van der Waals surface area contributed by atoms with Gasteiger partial charge in [-0.1, -0.05) is 61.0 Å². The minimum Gasteiger partial charge on any atom is -0.306 e. The molecule has 0 aliphatic rings. The van der Waals surface area contributed by atoms with Crippen LogP contribution >= 0.6 is 11.6 Å². The van der Waals surface area contributed by atoms with Gasteiger partial charge in [0.25, 0.3) is 0 Å². The Morgan fingerprint density at radius 1 is 1.06 bits per heavy atom. The van der Waals surface area contributed by atoms with Crippen molar-refractivity contribution in [2.24, 2.45) is 0 Å². The fraction of sp³-hybridized carbons (Fsp3) is 0.250. The molecule has 0 saturated heterocycles. The first-order valence-corrected chi connectivity index (χ1v) is 6.70. The highest BCUT2D eigenvalue weighted by molar-refractivity contribution is 6.30. The molecule has 2 heteroatoms. The van der Waals surface area contributed by atoms with Crippen molar-refractivity contribution in [1.82, 2.24) is 5.32 Å². The highest BCUT2D eigenvalue weighted by Gasteiger charge is 2.08. The van der Waals surface area contributed by atoms with Crippen LogP contribution in [-0.2, 0) is 6.54 Å². The summed E-state index contributed by atoms with van der Waals surface area (Å²) in [5.41, 5.74) is 2.55. The Hall–Kier alpha value is -1.31. The van der Waals surface area contributed by atoms with E-state index in [4.69, 9.17) is 11.6 Å². The Morgan fingerprint density at radius 3 is 2.50 bits per heavy atom. The maximum atomic E-state index is 6.04. The molecule has 18 heavy (non-hydrogen) atoms. The van der Waals surface area contributed by atoms with Gasteiger partial charge in [-0.25, -0.2) is 0 Å². The van der Waals surface area contributed by atoms with Gasteiger partial charge in [0.15, 0.2) is 0 Å². The summed E-state index contributed by atoms with van der Waals surface area (Å²) >= 11 is 6.04. The Balaban J connectivity index is 2.02. The van der Waals surface area contributed by atoms with Crippen molar-refractivity contribution in [3.05, 3.63) is 70.7 Å². The smallest absolute Gasteiger partial charge is 0.0409 e. The molecule has 2 rings (SSSR count). The molecule has 0 fully saturated rings. The lowest BCUT2D eigenvalue weighted by molar-refractivity contribution is 0.519. The highest BCUT2D eigenvalue weighted by atomic mass is 35.5. The average molecular weight is 260 g/mol. The predicted octanol–water partition coefficient (Wildman–Crippen LogP) is 4.58. The zero-order chi connectivity index (χ0) is 12.8. The van der Waals surface area contributed by atoms with Crippen LogP contribution in [0.5, 0.6) is 0 Å². The third kappa shape index (κ3) is 3.59. The second kappa shape index (κ2) is 6.58. The number of halogens is 1. The van der Waals surface area contributed by atoms with E-state index in [-0.39, 0.29) is 0 Å². The summed E-state index contributed by atoms with van der Waals surface area (Å²) in [6, 6.07) is 18.9. The zero-order valence-corrected chi connectivity index (χ0v) is 11.3. The van der Waals surface area contributed by atoms with Gasteiger partial charge in [-0.15, -0.1) is 0 Å². The third-order valence-electron chi connectivity index (χ3n) is 3.05. The molecule has 94 valence electrons. The maximum Gasteiger partial charge on any atom is 0.0409 e. The van der Waals surface area contributed by atoms with Gasteiger partial charge in [-0.3, -0.25) is 0 Å². The molecule has 0 radical (unpaired) electrons. The summed E-state index contributed by atoms with van der Waals surface area (Å²) in [6.45, 7) is 3.06. The number of nitrogens with one attached hydrogen (secondary N) is 1. The molecule has 0 spiro atoms. The van der Waals surface area contributed by atoms with Gasteiger partial charge < -0.3 is 5.32 Å². The van der Waals surface area contributed by atoms with Crippen molar-refractivity contribution in [2.75, 3.05) is 0 Å². The molecule has 0 amide bonds. The van der Waals surface area contributed by atoms with Gasteiger partial charge in [0.05, 0.1) is 0 Å². The standard InChI is InChI=1S/C16H18ClN/c1-2-16(14-9-6-10-15(17)11-14)18-12-13-7-4-3-5-8-13/h3-11,16,18H,2,12H2,1H3/t16-/m1/s1. The molecule has 2 aromatic rings. The van der Waals surface area contributed by atoms with E-state index in [0.717, 1.165) is 18.0 Å². The van der Waals surface area contributed by atoms with Crippen molar-refractivity contribution in [1.29, 1.82) is 0 Å². The van der Waals surface area contributed by atoms with Crippen molar-refractivity contribution in [3.63, 3.8) is 0 Å². The van der Waals surface area contributed by atoms with Crippen LogP contribution in [-0.4, -0.2) is 0 Å². The molecule has 0 aliphatic heterocycles. The largest absolute Gasteiger partial charge is 0.306 e. The minimum atomic E-state index is 0.351. The topological polar surface area (TPSA) is 12.0 Å². The van der Waals surface area contributed by atoms with Crippen LogP contribution in [0.3, 0.4) is 0 Å². The number of hydrogen-bond donors (Lipinski definition) is 1. The van der Waals surface area contributed by atoms with E-state index in [9.17, 15) is 0 Å². The van der Waals surface area contributed by atoms with E-state index in [0.29, 0.717) is 6.04 Å². The molecule has 1 atom stereocenters. The van der Waals surface area contributed by atoms with Gasteiger partial charge in [0.1, 0.15) is 0 Å². The molecule has 0 unspecified atom stereocenters. The van der Waals surface area contributed by atoms with Gasteiger partial charge in [0.2, 0.25) is 0 Å². The molecule has 0 aliphatic carbocycles. The van der Waals surface area contributed by atoms with Crippen molar-refractivity contribution < 1.29 is 0 Å². The van der Waals surface area contributed by atoms with Crippen LogP contribution in [0.2, 0.25) is 5.02 Å². The van der Waals surface area contributed by atoms with Gasteiger partial charge >= 0.3 is 0 Å². The van der Waals surface area contributed by atoms with E-state index >= 15 is 0 Å².